The van der Waals surface area contributed by atoms with Gasteiger partial charge in [0.05, 0.1) is 13.2 Å². The minimum Gasteiger partial charge on any atom is -0.465 e. The first-order chi connectivity index (χ1) is 9.10. The third-order valence-electron chi connectivity index (χ3n) is 3.25. The van der Waals surface area contributed by atoms with Crippen molar-refractivity contribution in [1.82, 2.24) is 4.98 Å². The molecule has 2 unspecified atom stereocenters. The van der Waals surface area contributed by atoms with Crippen molar-refractivity contribution in [2.45, 2.75) is 31.8 Å². The van der Waals surface area contributed by atoms with Crippen LogP contribution in [-0.4, -0.2) is 35.8 Å². The molecule has 2 rings (SSSR count). The van der Waals surface area contributed by atoms with E-state index in [1.165, 1.54) is 18.4 Å². The van der Waals surface area contributed by atoms with Crippen molar-refractivity contribution in [2.24, 2.45) is 5.92 Å². The molecule has 1 aliphatic rings. The van der Waals surface area contributed by atoms with Crippen molar-refractivity contribution in [1.29, 1.82) is 0 Å². The normalized spacial score (nSPS) is 23.1. The van der Waals surface area contributed by atoms with Crippen LogP contribution in [0.15, 0.2) is 0 Å². The maximum Gasteiger partial charge on any atom is 0.351 e. The van der Waals surface area contributed by atoms with E-state index < -0.39 is 5.97 Å². The predicted octanol–water partition coefficient (Wildman–Crippen LogP) is 2.55. The number of esters is 1. The molecule has 0 amide bonds. The average Bonchev–Trinajstić information content (AvgIpc) is 2.77. The van der Waals surface area contributed by atoms with Crippen LogP contribution in [0, 0.1) is 5.92 Å². The van der Waals surface area contributed by atoms with Crippen molar-refractivity contribution >= 4 is 34.0 Å². The highest BCUT2D eigenvalue weighted by molar-refractivity contribution is 7.18. The third kappa shape index (κ3) is 3.81. The minimum atomic E-state index is -0.469. The van der Waals surface area contributed by atoms with E-state index in [1.54, 1.807) is 0 Å². The molecule has 1 aromatic rings. The fourth-order valence-corrected chi connectivity index (χ4v) is 3.39. The summed E-state index contributed by atoms with van der Waals surface area (Å²) in [5.41, 5.74) is 0. The molecule has 0 aliphatic heterocycles. The van der Waals surface area contributed by atoms with E-state index >= 15 is 0 Å². The number of methoxy groups -OCH3 is 1. The van der Waals surface area contributed by atoms with Gasteiger partial charge in [-0.1, -0.05) is 29.4 Å². The zero-order valence-electron chi connectivity index (χ0n) is 10.7. The number of aromatic nitrogens is 1. The summed E-state index contributed by atoms with van der Waals surface area (Å²) >= 11 is 7.07. The van der Waals surface area contributed by atoms with Crippen LogP contribution < -0.4 is 5.32 Å². The topological polar surface area (TPSA) is 71.5 Å². The van der Waals surface area contributed by atoms with Gasteiger partial charge in [-0.3, -0.25) is 0 Å². The van der Waals surface area contributed by atoms with Crippen molar-refractivity contribution in [3.8, 4) is 0 Å². The van der Waals surface area contributed by atoms with Gasteiger partial charge in [-0.25, -0.2) is 9.78 Å². The molecule has 106 valence electrons. The minimum absolute atomic E-state index is 0.169. The fourth-order valence-electron chi connectivity index (χ4n) is 2.28. The lowest BCUT2D eigenvalue weighted by molar-refractivity contribution is 0.0606. The lowest BCUT2D eigenvalue weighted by Gasteiger charge is -2.25. The highest BCUT2D eigenvalue weighted by Crippen LogP contribution is 2.29. The number of nitrogens with one attached hydrogen (secondary N) is 1. The summed E-state index contributed by atoms with van der Waals surface area (Å²) in [5.74, 6) is -0.0309. The molecular formula is C12H17ClN2O3S. The van der Waals surface area contributed by atoms with E-state index in [1.807, 2.05) is 0 Å². The second kappa shape index (κ2) is 6.54. The van der Waals surface area contributed by atoms with Gasteiger partial charge in [-0.15, -0.1) is 0 Å². The maximum absolute atomic E-state index is 11.4. The summed E-state index contributed by atoms with van der Waals surface area (Å²) < 4.78 is 4.63. The third-order valence-corrected chi connectivity index (χ3v) is 4.63. The van der Waals surface area contributed by atoms with E-state index in [4.69, 9.17) is 11.6 Å². The average molecular weight is 305 g/mol. The Balaban J connectivity index is 1.91. The molecule has 1 fully saturated rings. The summed E-state index contributed by atoms with van der Waals surface area (Å²) in [6, 6.07) is 0. The molecule has 5 nitrogen and oxygen atoms in total. The number of rotatable bonds is 4. The molecule has 19 heavy (non-hydrogen) atoms. The monoisotopic (exact) mass is 304 g/mol. The lowest BCUT2D eigenvalue weighted by atomic mass is 9.87. The Hall–Kier alpha value is -0.850. The van der Waals surface area contributed by atoms with Gasteiger partial charge in [0.1, 0.15) is 0 Å². The zero-order valence-corrected chi connectivity index (χ0v) is 12.3. The van der Waals surface area contributed by atoms with Crippen LogP contribution in [0.1, 0.15) is 35.4 Å². The molecule has 2 atom stereocenters. The Labute approximate surface area is 120 Å². The van der Waals surface area contributed by atoms with Crippen LogP contribution in [0.4, 0.5) is 5.13 Å². The van der Waals surface area contributed by atoms with Crippen molar-refractivity contribution in [2.75, 3.05) is 19.0 Å². The van der Waals surface area contributed by atoms with Gasteiger partial charge in [0.25, 0.3) is 0 Å². The van der Waals surface area contributed by atoms with Gasteiger partial charge in [-0.05, 0) is 25.2 Å². The fraction of sp³-hybridized carbons (Fsp3) is 0.667. The van der Waals surface area contributed by atoms with Crippen LogP contribution in [0.5, 0.6) is 0 Å². The van der Waals surface area contributed by atoms with Crippen molar-refractivity contribution in [3.05, 3.63) is 10.0 Å². The summed E-state index contributed by atoms with van der Waals surface area (Å²) in [7, 11) is 1.31. The van der Waals surface area contributed by atoms with Crippen LogP contribution in [-0.2, 0) is 4.74 Å². The van der Waals surface area contributed by atoms with Gasteiger partial charge in [-0.2, -0.15) is 0 Å². The number of thiazole rings is 1. The van der Waals surface area contributed by atoms with E-state index in [0.29, 0.717) is 15.9 Å². The number of nitrogens with zero attached hydrogens (tertiary/aromatic N) is 1. The molecular weight excluding hydrogens is 288 g/mol. The number of ether oxygens (including phenoxy) is 1. The van der Waals surface area contributed by atoms with E-state index in [2.05, 4.69) is 15.0 Å². The number of anilines is 1. The number of aliphatic hydroxyl groups is 1. The van der Waals surface area contributed by atoms with Crippen LogP contribution >= 0.6 is 22.9 Å². The maximum atomic E-state index is 11.4. The molecule has 1 saturated carbocycles. The zero-order chi connectivity index (χ0) is 13.8. The summed E-state index contributed by atoms with van der Waals surface area (Å²) in [4.78, 5) is 15.8. The molecule has 0 saturated heterocycles. The molecule has 0 radical (unpaired) electrons. The van der Waals surface area contributed by atoms with Gasteiger partial charge >= 0.3 is 5.97 Å². The molecule has 1 heterocycles. The van der Waals surface area contributed by atoms with Gasteiger partial charge in [0.2, 0.25) is 0 Å². The smallest absolute Gasteiger partial charge is 0.351 e. The number of aliphatic hydroxyl groups excluding tert-OH is 1. The Morgan fingerprint density at radius 3 is 3.11 bits per heavy atom. The standard InChI is InChI=1S/C12H17ClN2O3S/c1-18-11(17)9-10(13)15-12(19-9)14-6-7-3-2-4-8(16)5-7/h7-8,16H,2-6H2,1H3,(H,14,15). The molecule has 0 aromatic carbocycles. The number of halogens is 1. The van der Waals surface area contributed by atoms with Crippen LogP contribution in [0.2, 0.25) is 5.15 Å². The SMILES string of the molecule is COC(=O)c1sc(NCC2CCCC(O)C2)nc1Cl. The second-order valence-corrected chi connectivity index (χ2v) is 6.05. The Morgan fingerprint density at radius 1 is 1.63 bits per heavy atom. The Bertz CT molecular complexity index is 452. The quantitative estimate of drug-likeness (QED) is 0.837. The first kappa shape index (κ1) is 14.6. The summed E-state index contributed by atoms with van der Waals surface area (Å²) in [6.45, 7) is 0.738. The first-order valence-electron chi connectivity index (χ1n) is 6.26. The molecule has 2 N–H and O–H groups in total. The van der Waals surface area contributed by atoms with E-state index in [0.717, 1.165) is 32.2 Å². The predicted molar refractivity (Wildman–Crippen MR) is 74.9 cm³/mol. The summed E-state index contributed by atoms with van der Waals surface area (Å²) in [6.07, 6.45) is 3.68. The van der Waals surface area contributed by atoms with Gasteiger partial charge < -0.3 is 15.2 Å². The molecule has 1 aromatic heterocycles. The van der Waals surface area contributed by atoms with Crippen molar-refractivity contribution in [3.63, 3.8) is 0 Å². The molecule has 0 bridgehead atoms. The highest BCUT2D eigenvalue weighted by Gasteiger charge is 2.21. The molecule has 7 heteroatoms. The van der Waals surface area contributed by atoms with Crippen LogP contribution in [0.25, 0.3) is 0 Å². The Kier molecular flexibility index (Phi) is 5.01. The number of carbonyl (C=O) groups excluding carboxylic acids is 1. The second-order valence-electron chi connectivity index (χ2n) is 4.70. The molecule has 1 aliphatic carbocycles. The van der Waals surface area contributed by atoms with Gasteiger partial charge in [0, 0.05) is 6.54 Å². The lowest BCUT2D eigenvalue weighted by Crippen LogP contribution is -2.24. The number of hydrogen-bond acceptors (Lipinski definition) is 6. The first-order valence-corrected chi connectivity index (χ1v) is 7.46. The Morgan fingerprint density at radius 2 is 2.42 bits per heavy atom. The number of carbonyl (C=O) groups is 1. The summed E-state index contributed by atoms with van der Waals surface area (Å²) in [5, 5.41) is 13.6. The largest absolute Gasteiger partial charge is 0.465 e. The number of hydrogen-bond donors (Lipinski definition) is 2. The van der Waals surface area contributed by atoms with E-state index in [9.17, 15) is 9.90 Å². The van der Waals surface area contributed by atoms with E-state index in [-0.39, 0.29) is 11.3 Å². The van der Waals surface area contributed by atoms with Gasteiger partial charge in [0.15, 0.2) is 15.2 Å². The van der Waals surface area contributed by atoms with Crippen molar-refractivity contribution < 1.29 is 14.6 Å². The highest BCUT2D eigenvalue weighted by atomic mass is 35.5. The molecule has 0 spiro atoms. The van der Waals surface area contributed by atoms with Crippen LogP contribution in [0.3, 0.4) is 0 Å².